The van der Waals surface area contributed by atoms with Crippen molar-refractivity contribution in [2.24, 2.45) is 4.99 Å². The summed E-state index contributed by atoms with van der Waals surface area (Å²) in [6, 6.07) is 10.8. The Bertz CT molecular complexity index is 492. The van der Waals surface area contributed by atoms with Gasteiger partial charge in [-0.2, -0.15) is 0 Å². The highest BCUT2D eigenvalue weighted by molar-refractivity contribution is 8.93. The minimum atomic E-state index is 0. The Morgan fingerprint density at radius 2 is 1.39 bits per heavy atom. The second-order valence-electron chi connectivity index (χ2n) is 7.95. The minimum absolute atomic E-state index is 0. The van der Waals surface area contributed by atoms with Crippen molar-refractivity contribution < 1.29 is 0 Å². The van der Waals surface area contributed by atoms with Crippen LogP contribution in [-0.4, -0.2) is 36.0 Å². The molecule has 0 unspecified atom stereocenters. The van der Waals surface area contributed by atoms with Crippen molar-refractivity contribution in [3.63, 3.8) is 0 Å². The Kier molecular flexibility index (Phi) is 15.3. The van der Waals surface area contributed by atoms with Crippen LogP contribution < -0.4 is 0 Å². The average Bonchev–Trinajstić information content (AvgIpc) is 3.23. The lowest BCUT2D eigenvalue weighted by molar-refractivity contribution is 0.0486. The molecule has 0 aromatic heterocycles. The van der Waals surface area contributed by atoms with Gasteiger partial charge in [0.25, 0.3) is 0 Å². The largest absolute Gasteiger partial charge is 0.294 e. The first-order valence-corrected chi connectivity index (χ1v) is 11.5. The van der Waals surface area contributed by atoms with Crippen LogP contribution in [0.2, 0.25) is 0 Å². The average molecular weight is 453 g/mol. The first kappa shape index (κ1) is 25.2. The molecular weight excluding hydrogens is 410 g/mol. The van der Waals surface area contributed by atoms with Gasteiger partial charge < -0.3 is 0 Å². The third kappa shape index (κ3) is 11.2. The lowest BCUT2D eigenvalue weighted by atomic mass is 10.1. The molecule has 0 N–H and O–H groups in total. The standard InChI is InChI=1S/C24H41N3.BrH/c1-2-3-4-5-6-7-8-9-10-11-12-16-20-26(27-21-19-25-23-27)22-24-17-14-13-15-18-24;/h13-15,17-18,23H,2-12,16,19-22H2,1H3;1H. The van der Waals surface area contributed by atoms with Crippen LogP contribution in [0.1, 0.15) is 89.5 Å². The summed E-state index contributed by atoms with van der Waals surface area (Å²) in [5.74, 6) is 0. The lowest BCUT2D eigenvalue weighted by Gasteiger charge is -2.31. The maximum Gasteiger partial charge on any atom is 0.0995 e. The first-order valence-electron chi connectivity index (χ1n) is 11.5. The highest BCUT2D eigenvalue weighted by atomic mass is 79.9. The van der Waals surface area contributed by atoms with Crippen LogP contribution in [0, 0.1) is 0 Å². The van der Waals surface area contributed by atoms with Gasteiger partial charge in [-0.05, 0) is 12.0 Å². The molecule has 0 fully saturated rings. The van der Waals surface area contributed by atoms with Crippen LogP contribution in [-0.2, 0) is 6.54 Å². The van der Waals surface area contributed by atoms with Gasteiger partial charge in [0.2, 0.25) is 0 Å². The van der Waals surface area contributed by atoms with Crippen LogP contribution in [0.15, 0.2) is 35.3 Å². The highest BCUT2D eigenvalue weighted by Gasteiger charge is 2.15. The zero-order chi connectivity index (χ0) is 19.0. The summed E-state index contributed by atoms with van der Waals surface area (Å²) in [4.78, 5) is 4.40. The number of halogens is 1. The van der Waals surface area contributed by atoms with Crippen LogP contribution in [0.5, 0.6) is 0 Å². The molecule has 0 saturated carbocycles. The van der Waals surface area contributed by atoms with E-state index >= 15 is 0 Å². The molecule has 1 heterocycles. The molecule has 0 saturated heterocycles. The third-order valence-corrected chi connectivity index (χ3v) is 5.51. The number of hydrogen-bond acceptors (Lipinski definition) is 3. The molecule has 160 valence electrons. The molecule has 2 rings (SSSR count). The fourth-order valence-corrected chi connectivity index (χ4v) is 3.81. The Labute approximate surface area is 184 Å². The second kappa shape index (κ2) is 17.0. The highest BCUT2D eigenvalue weighted by Crippen LogP contribution is 2.14. The van der Waals surface area contributed by atoms with E-state index in [2.05, 4.69) is 52.3 Å². The van der Waals surface area contributed by atoms with E-state index in [0.717, 1.165) is 26.2 Å². The normalized spacial score (nSPS) is 13.3. The van der Waals surface area contributed by atoms with E-state index in [9.17, 15) is 0 Å². The van der Waals surface area contributed by atoms with Crippen LogP contribution >= 0.6 is 17.0 Å². The van der Waals surface area contributed by atoms with Crippen molar-refractivity contribution in [3.8, 4) is 0 Å². The number of hydrogen-bond donors (Lipinski definition) is 0. The number of nitrogens with zero attached hydrogens (tertiary/aromatic N) is 3. The van der Waals surface area contributed by atoms with Crippen molar-refractivity contribution in [1.29, 1.82) is 0 Å². The predicted octanol–water partition coefficient (Wildman–Crippen LogP) is 7.03. The summed E-state index contributed by atoms with van der Waals surface area (Å²) in [6.45, 7) is 6.39. The zero-order valence-electron chi connectivity index (χ0n) is 18.0. The number of rotatable bonds is 16. The summed E-state index contributed by atoms with van der Waals surface area (Å²) in [7, 11) is 0. The predicted molar refractivity (Wildman–Crippen MR) is 128 cm³/mol. The van der Waals surface area contributed by atoms with Crippen LogP contribution in [0.3, 0.4) is 0 Å². The van der Waals surface area contributed by atoms with Crippen molar-refractivity contribution >= 4 is 23.3 Å². The molecule has 4 heteroatoms. The maximum atomic E-state index is 4.40. The van der Waals surface area contributed by atoms with E-state index in [0.29, 0.717) is 0 Å². The summed E-state index contributed by atoms with van der Waals surface area (Å²) < 4.78 is 0. The SMILES string of the molecule is Br.CCCCCCCCCCCCCCN(Cc1ccccc1)N1C=NCC1. The maximum absolute atomic E-state index is 4.40. The molecule has 0 spiro atoms. The molecule has 1 aromatic rings. The van der Waals surface area contributed by atoms with Crippen LogP contribution in [0.25, 0.3) is 0 Å². The van der Waals surface area contributed by atoms with E-state index in [1.54, 1.807) is 0 Å². The van der Waals surface area contributed by atoms with Gasteiger partial charge in [0.15, 0.2) is 0 Å². The molecule has 1 aliphatic rings. The van der Waals surface area contributed by atoms with Gasteiger partial charge in [0.1, 0.15) is 0 Å². The van der Waals surface area contributed by atoms with Gasteiger partial charge in [-0.25, -0.2) is 5.01 Å². The first-order chi connectivity index (χ1) is 13.4. The lowest BCUT2D eigenvalue weighted by Crippen LogP contribution is -2.40. The van der Waals surface area contributed by atoms with Gasteiger partial charge >= 0.3 is 0 Å². The zero-order valence-corrected chi connectivity index (χ0v) is 19.7. The minimum Gasteiger partial charge on any atom is -0.294 e. The fourth-order valence-electron chi connectivity index (χ4n) is 3.81. The quantitative estimate of drug-likeness (QED) is 0.251. The fraction of sp³-hybridized carbons (Fsp3) is 0.708. The summed E-state index contributed by atoms with van der Waals surface area (Å²) >= 11 is 0. The smallest absolute Gasteiger partial charge is 0.0995 e. The van der Waals surface area contributed by atoms with Gasteiger partial charge in [0.05, 0.1) is 19.4 Å². The second-order valence-corrected chi connectivity index (χ2v) is 7.95. The molecule has 1 aliphatic heterocycles. The van der Waals surface area contributed by atoms with Crippen LogP contribution in [0.4, 0.5) is 0 Å². The monoisotopic (exact) mass is 451 g/mol. The van der Waals surface area contributed by atoms with Crippen molar-refractivity contribution in [2.75, 3.05) is 19.6 Å². The number of aliphatic imine (C=N–C) groups is 1. The number of hydrazine groups is 1. The molecule has 0 radical (unpaired) electrons. The molecule has 0 bridgehead atoms. The van der Waals surface area contributed by atoms with Gasteiger partial charge in [0, 0.05) is 13.1 Å². The molecule has 0 aliphatic carbocycles. The Morgan fingerprint density at radius 3 is 1.93 bits per heavy atom. The van der Waals surface area contributed by atoms with E-state index in [-0.39, 0.29) is 17.0 Å². The molecule has 0 amide bonds. The number of benzene rings is 1. The van der Waals surface area contributed by atoms with E-state index in [4.69, 9.17) is 0 Å². The topological polar surface area (TPSA) is 18.8 Å². The van der Waals surface area contributed by atoms with Crippen molar-refractivity contribution in [2.45, 2.75) is 90.5 Å². The Morgan fingerprint density at radius 1 is 0.821 bits per heavy atom. The molecule has 28 heavy (non-hydrogen) atoms. The molecular formula is C24H42BrN3. The number of unbranched alkanes of at least 4 members (excludes halogenated alkanes) is 11. The third-order valence-electron chi connectivity index (χ3n) is 5.51. The molecule has 3 nitrogen and oxygen atoms in total. The van der Waals surface area contributed by atoms with Crippen molar-refractivity contribution in [1.82, 2.24) is 10.0 Å². The molecule has 1 aromatic carbocycles. The van der Waals surface area contributed by atoms with E-state index in [1.165, 1.54) is 82.6 Å². The van der Waals surface area contributed by atoms with Crippen molar-refractivity contribution in [3.05, 3.63) is 35.9 Å². The Hall–Kier alpha value is -0.870. The van der Waals surface area contributed by atoms with Gasteiger partial charge in [-0.3, -0.25) is 10.0 Å². The van der Waals surface area contributed by atoms with E-state index in [1.807, 2.05) is 6.34 Å². The summed E-state index contributed by atoms with van der Waals surface area (Å²) in [5, 5.41) is 4.79. The summed E-state index contributed by atoms with van der Waals surface area (Å²) in [6.07, 6.45) is 18.9. The van der Waals surface area contributed by atoms with E-state index < -0.39 is 0 Å². The van der Waals surface area contributed by atoms with Gasteiger partial charge in [-0.15, -0.1) is 17.0 Å². The molecule has 0 atom stereocenters. The Balaban J connectivity index is 0.00000392. The van der Waals surface area contributed by atoms with Gasteiger partial charge in [-0.1, -0.05) is 108 Å². The summed E-state index contributed by atoms with van der Waals surface area (Å²) in [5.41, 5.74) is 1.39.